The van der Waals surface area contributed by atoms with Crippen molar-refractivity contribution in [2.45, 2.75) is 27.7 Å². The summed E-state index contributed by atoms with van der Waals surface area (Å²) < 4.78 is 4.77. The minimum atomic E-state index is -0.493. The molecule has 0 heterocycles. The lowest BCUT2D eigenvalue weighted by Crippen LogP contribution is -2.38. The normalized spacial score (nSPS) is 10.1. The van der Waals surface area contributed by atoms with Gasteiger partial charge in [-0.2, -0.15) is 0 Å². The highest BCUT2D eigenvalue weighted by Crippen LogP contribution is 2.31. The van der Waals surface area contributed by atoms with Crippen LogP contribution in [0.1, 0.15) is 25.0 Å². The molecule has 6 heteroatoms. The first kappa shape index (κ1) is 17.3. The monoisotopic (exact) mass is 312 g/mol. The van der Waals surface area contributed by atoms with Crippen molar-refractivity contribution < 1.29 is 14.3 Å². The van der Waals surface area contributed by atoms with Gasteiger partial charge in [-0.05, 0) is 38.0 Å². The first-order valence-corrected chi connectivity index (χ1v) is 7.20. The van der Waals surface area contributed by atoms with Crippen LogP contribution >= 0.6 is 11.6 Å². The van der Waals surface area contributed by atoms with E-state index < -0.39 is 6.09 Å². The van der Waals surface area contributed by atoms with E-state index in [4.69, 9.17) is 16.3 Å². The SMILES string of the molecule is CCOC(=O)NCCN(C(C)=O)c1c(C)cc(C)cc1Cl. The van der Waals surface area contributed by atoms with E-state index in [0.717, 1.165) is 11.1 Å². The molecule has 2 amide bonds. The number of benzene rings is 1. The molecule has 0 saturated heterocycles. The molecule has 0 aliphatic rings. The molecule has 1 aromatic rings. The van der Waals surface area contributed by atoms with E-state index in [1.165, 1.54) is 6.92 Å². The lowest BCUT2D eigenvalue weighted by molar-refractivity contribution is -0.116. The average Bonchev–Trinajstić information content (AvgIpc) is 2.35. The number of amides is 2. The van der Waals surface area contributed by atoms with Gasteiger partial charge in [0.2, 0.25) is 5.91 Å². The number of carbonyl (C=O) groups is 2. The fourth-order valence-electron chi connectivity index (χ4n) is 2.13. The Morgan fingerprint density at radius 2 is 2.00 bits per heavy atom. The van der Waals surface area contributed by atoms with Crippen LogP contribution in [0.5, 0.6) is 0 Å². The maximum Gasteiger partial charge on any atom is 0.407 e. The topological polar surface area (TPSA) is 58.6 Å². The highest BCUT2D eigenvalue weighted by Gasteiger charge is 2.17. The summed E-state index contributed by atoms with van der Waals surface area (Å²) in [6.07, 6.45) is -0.493. The Balaban J connectivity index is 2.84. The molecule has 1 aromatic carbocycles. The van der Waals surface area contributed by atoms with E-state index in [0.29, 0.717) is 30.4 Å². The standard InChI is InChI=1S/C15H21ClN2O3/c1-5-21-15(20)17-6-7-18(12(4)19)14-11(3)8-10(2)9-13(14)16/h8-9H,5-7H2,1-4H3,(H,17,20). The molecule has 1 rings (SSSR count). The summed E-state index contributed by atoms with van der Waals surface area (Å²) in [4.78, 5) is 24.7. The number of hydrogen-bond acceptors (Lipinski definition) is 3. The van der Waals surface area contributed by atoms with Gasteiger partial charge in [0.25, 0.3) is 0 Å². The first-order chi connectivity index (χ1) is 9.86. The van der Waals surface area contributed by atoms with Crippen molar-refractivity contribution in [3.8, 4) is 0 Å². The molecule has 0 radical (unpaired) electrons. The zero-order valence-electron chi connectivity index (χ0n) is 12.8. The third-order valence-electron chi connectivity index (χ3n) is 2.93. The van der Waals surface area contributed by atoms with Crippen LogP contribution in [0.2, 0.25) is 5.02 Å². The van der Waals surface area contributed by atoms with Crippen LogP contribution in [0.4, 0.5) is 10.5 Å². The van der Waals surface area contributed by atoms with Gasteiger partial charge in [0.05, 0.1) is 17.3 Å². The predicted molar refractivity (Wildman–Crippen MR) is 84.0 cm³/mol. The summed E-state index contributed by atoms with van der Waals surface area (Å²) in [6.45, 7) is 7.99. The molecule has 0 saturated carbocycles. The largest absolute Gasteiger partial charge is 0.450 e. The molecule has 0 aliphatic heterocycles. The molecule has 116 valence electrons. The van der Waals surface area contributed by atoms with Crippen molar-refractivity contribution in [3.05, 3.63) is 28.3 Å². The lowest BCUT2D eigenvalue weighted by atomic mass is 10.1. The third kappa shape index (κ3) is 4.93. The Morgan fingerprint density at radius 3 is 2.52 bits per heavy atom. The van der Waals surface area contributed by atoms with Gasteiger partial charge in [-0.15, -0.1) is 0 Å². The van der Waals surface area contributed by atoms with Gasteiger partial charge in [-0.25, -0.2) is 4.79 Å². The number of nitrogens with one attached hydrogen (secondary N) is 1. The van der Waals surface area contributed by atoms with Crippen LogP contribution in [0.25, 0.3) is 0 Å². The molecule has 21 heavy (non-hydrogen) atoms. The minimum Gasteiger partial charge on any atom is -0.450 e. The minimum absolute atomic E-state index is 0.130. The van der Waals surface area contributed by atoms with Crippen molar-refractivity contribution in [1.82, 2.24) is 5.32 Å². The highest BCUT2D eigenvalue weighted by molar-refractivity contribution is 6.34. The van der Waals surface area contributed by atoms with Crippen LogP contribution in [-0.4, -0.2) is 31.7 Å². The first-order valence-electron chi connectivity index (χ1n) is 6.82. The fraction of sp³-hybridized carbons (Fsp3) is 0.467. The number of halogens is 1. The van der Waals surface area contributed by atoms with E-state index in [1.54, 1.807) is 11.8 Å². The zero-order chi connectivity index (χ0) is 16.0. The number of rotatable bonds is 5. The Bertz CT molecular complexity index is 509. The van der Waals surface area contributed by atoms with Crippen LogP contribution in [0.15, 0.2) is 12.1 Å². The summed E-state index contributed by atoms with van der Waals surface area (Å²) in [5.41, 5.74) is 2.64. The van der Waals surface area contributed by atoms with Crippen LogP contribution in [0.3, 0.4) is 0 Å². The molecule has 0 fully saturated rings. The summed E-state index contributed by atoms with van der Waals surface area (Å²) in [5, 5.41) is 3.12. The van der Waals surface area contributed by atoms with Gasteiger partial charge < -0.3 is 15.0 Å². The lowest BCUT2D eigenvalue weighted by Gasteiger charge is -2.24. The molecular weight excluding hydrogens is 292 g/mol. The molecule has 0 aliphatic carbocycles. The fourth-order valence-corrected chi connectivity index (χ4v) is 2.55. The average molecular weight is 313 g/mol. The molecule has 5 nitrogen and oxygen atoms in total. The number of carbonyl (C=O) groups excluding carboxylic acids is 2. The zero-order valence-corrected chi connectivity index (χ0v) is 13.6. The Labute approximate surface area is 130 Å². The molecule has 0 atom stereocenters. The summed E-state index contributed by atoms with van der Waals surface area (Å²) in [7, 11) is 0. The Kier molecular flexibility index (Phi) is 6.49. The smallest absolute Gasteiger partial charge is 0.407 e. The molecule has 1 N–H and O–H groups in total. The van der Waals surface area contributed by atoms with Crippen molar-refractivity contribution in [2.75, 3.05) is 24.6 Å². The van der Waals surface area contributed by atoms with E-state index in [-0.39, 0.29) is 5.91 Å². The van der Waals surface area contributed by atoms with E-state index >= 15 is 0 Å². The van der Waals surface area contributed by atoms with E-state index in [9.17, 15) is 9.59 Å². The molecule has 0 unspecified atom stereocenters. The number of aryl methyl sites for hydroxylation is 2. The van der Waals surface area contributed by atoms with Crippen molar-refractivity contribution >= 4 is 29.3 Å². The van der Waals surface area contributed by atoms with Crippen molar-refractivity contribution in [2.24, 2.45) is 0 Å². The number of nitrogens with zero attached hydrogens (tertiary/aromatic N) is 1. The summed E-state index contributed by atoms with van der Waals surface area (Å²) in [5.74, 6) is -0.130. The molecule has 0 aromatic heterocycles. The van der Waals surface area contributed by atoms with Gasteiger partial charge in [0, 0.05) is 20.0 Å². The summed E-state index contributed by atoms with van der Waals surface area (Å²) >= 11 is 6.26. The highest BCUT2D eigenvalue weighted by atomic mass is 35.5. The van der Waals surface area contributed by atoms with Gasteiger partial charge in [0.15, 0.2) is 0 Å². The third-order valence-corrected chi connectivity index (χ3v) is 3.22. The maximum absolute atomic E-state index is 11.9. The number of anilines is 1. The second-order valence-electron chi connectivity index (χ2n) is 4.73. The second-order valence-corrected chi connectivity index (χ2v) is 5.14. The van der Waals surface area contributed by atoms with E-state index in [1.807, 2.05) is 26.0 Å². The number of alkyl carbamates (subject to hydrolysis) is 1. The Hall–Kier alpha value is -1.75. The number of hydrogen-bond donors (Lipinski definition) is 1. The van der Waals surface area contributed by atoms with Gasteiger partial charge in [-0.1, -0.05) is 17.7 Å². The molecule has 0 bridgehead atoms. The predicted octanol–water partition coefficient (Wildman–Crippen LogP) is 3.06. The number of ether oxygens (including phenoxy) is 1. The van der Waals surface area contributed by atoms with Crippen LogP contribution in [-0.2, 0) is 9.53 Å². The van der Waals surface area contributed by atoms with E-state index in [2.05, 4.69) is 5.32 Å². The van der Waals surface area contributed by atoms with Crippen molar-refractivity contribution in [1.29, 1.82) is 0 Å². The van der Waals surface area contributed by atoms with Gasteiger partial charge in [-0.3, -0.25) is 4.79 Å². The Morgan fingerprint density at radius 1 is 1.33 bits per heavy atom. The molecule has 0 spiro atoms. The second kappa shape index (κ2) is 7.88. The van der Waals surface area contributed by atoms with Gasteiger partial charge in [0.1, 0.15) is 0 Å². The quantitative estimate of drug-likeness (QED) is 0.909. The van der Waals surface area contributed by atoms with Crippen LogP contribution in [0, 0.1) is 13.8 Å². The summed E-state index contributed by atoms with van der Waals surface area (Å²) in [6, 6.07) is 3.79. The van der Waals surface area contributed by atoms with Crippen LogP contribution < -0.4 is 10.2 Å². The van der Waals surface area contributed by atoms with Gasteiger partial charge >= 0.3 is 6.09 Å². The maximum atomic E-state index is 11.9. The molecular formula is C15H21ClN2O3. The van der Waals surface area contributed by atoms with Crippen molar-refractivity contribution in [3.63, 3.8) is 0 Å².